The van der Waals surface area contributed by atoms with E-state index in [2.05, 4.69) is 4.98 Å². The number of thioether (sulfide) groups is 1. The van der Waals surface area contributed by atoms with E-state index in [0.717, 1.165) is 4.57 Å². The van der Waals surface area contributed by atoms with Crippen molar-refractivity contribution < 1.29 is 19.0 Å². The van der Waals surface area contributed by atoms with Gasteiger partial charge in [-0.3, -0.25) is 4.57 Å². The van der Waals surface area contributed by atoms with E-state index in [1.807, 2.05) is 0 Å². The zero-order valence-corrected chi connectivity index (χ0v) is 9.85. The third-order valence-corrected chi connectivity index (χ3v) is 4.24. The maximum absolute atomic E-state index is 13.6. The number of nitrogen functional groups attached to an aromatic ring is 1. The lowest BCUT2D eigenvalue weighted by molar-refractivity contribution is -0.110. The molecule has 4 N–H and O–H groups in total. The van der Waals surface area contributed by atoms with Crippen LogP contribution in [0.1, 0.15) is 5.37 Å². The van der Waals surface area contributed by atoms with Gasteiger partial charge in [0.2, 0.25) is 0 Å². The monoisotopic (exact) mass is 279 g/mol. The molecule has 0 unspecified atom stereocenters. The minimum atomic E-state index is -3.47. The Bertz CT molecular complexity index is 510. The molecular weight excluding hydrogens is 268 g/mol. The summed E-state index contributed by atoms with van der Waals surface area (Å²) in [6.45, 7) is -0.789. The average molecular weight is 279 g/mol. The van der Waals surface area contributed by atoms with Crippen molar-refractivity contribution in [3.8, 4) is 0 Å². The van der Waals surface area contributed by atoms with Gasteiger partial charge in [-0.2, -0.15) is 4.98 Å². The molecule has 0 radical (unpaired) electrons. The van der Waals surface area contributed by atoms with Crippen molar-refractivity contribution in [1.29, 1.82) is 0 Å². The van der Waals surface area contributed by atoms with Crippen molar-refractivity contribution in [2.45, 2.75) is 22.7 Å². The van der Waals surface area contributed by atoms with Crippen molar-refractivity contribution >= 4 is 17.6 Å². The summed E-state index contributed by atoms with van der Waals surface area (Å²) in [7, 11) is 0. The number of anilines is 1. The predicted molar refractivity (Wildman–Crippen MR) is 61.4 cm³/mol. The molecule has 100 valence electrons. The molecule has 0 amide bonds. The normalized spacial score (nSPS) is 30.6. The Balaban J connectivity index is 2.38. The standard InChI is InChI=1S/C9H11F2N3O3S/c10-9(11)4(3-15)18-7(6(9)16)14-2-1-5(12)13-8(14)17/h1-2,4,6-7,15-16H,3H2,(H2,12,13,17)/t4-,6+,7-/m0/s1. The molecule has 1 fully saturated rings. The second-order valence-electron chi connectivity index (χ2n) is 3.86. The van der Waals surface area contributed by atoms with Crippen LogP contribution in [0.15, 0.2) is 17.1 Å². The molecule has 2 rings (SSSR count). The summed E-state index contributed by atoms with van der Waals surface area (Å²) in [5.74, 6) is -3.50. The summed E-state index contributed by atoms with van der Waals surface area (Å²) in [5.41, 5.74) is 4.47. The zero-order valence-electron chi connectivity index (χ0n) is 9.03. The third kappa shape index (κ3) is 1.98. The molecule has 1 aromatic rings. The topological polar surface area (TPSA) is 101 Å². The number of rotatable bonds is 2. The maximum Gasteiger partial charge on any atom is 0.350 e. The van der Waals surface area contributed by atoms with Crippen molar-refractivity contribution in [1.82, 2.24) is 9.55 Å². The quantitative estimate of drug-likeness (QED) is 0.670. The molecule has 9 heteroatoms. The third-order valence-electron chi connectivity index (χ3n) is 2.69. The number of aromatic nitrogens is 2. The van der Waals surface area contributed by atoms with E-state index in [9.17, 15) is 18.7 Å². The molecule has 0 bridgehead atoms. The van der Waals surface area contributed by atoms with Gasteiger partial charge < -0.3 is 15.9 Å². The highest BCUT2D eigenvalue weighted by molar-refractivity contribution is 8.00. The Kier molecular flexibility index (Phi) is 3.30. The number of hydrogen-bond acceptors (Lipinski definition) is 6. The molecule has 0 aromatic carbocycles. The number of aliphatic hydroxyl groups is 2. The highest BCUT2D eigenvalue weighted by Crippen LogP contribution is 2.49. The van der Waals surface area contributed by atoms with Crippen molar-refractivity contribution in [2.75, 3.05) is 12.3 Å². The van der Waals surface area contributed by atoms with Gasteiger partial charge in [-0.1, -0.05) is 0 Å². The molecule has 1 aliphatic rings. The van der Waals surface area contributed by atoms with Crippen molar-refractivity contribution in [3.05, 3.63) is 22.7 Å². The van der Waals surface area contributed by atoms with Gasteiger partial charge in [0, 0.05) is 6.20 Å². The fraction of sp³-hybridized carbons (Fsp3) is 0.556. The molecule has 18 heavy (non-hydrogen) atoms. The molecule has 2 heterocycles. The Morgan fingerprint density at radius 1 is 1.61 bits per heavy atom. The van der Waals surface area contributed by atoms with Crippen molar-refractivity contribution in [3.63, 3.8) is 0 Å². The molecule has 6 nitrogen and oxygen atoms in total. The maximum atomic E-state index is 13.6. The van der Waals surface area contributed by atoms with Gasteiger partial charge in [-0.05, 0) is 6.07 Å². The van der Waals surface area contributed by atoms with E-state index in [0.29, 0.717) is 11.8 Å². The summed E-state index contributed by atoms with van der Waals surface area (Å²) in [6.07, 6.45) is -0.871. The predicted octanol–water partition coefficient (Wildman–Crippen LogP) is -0.572. The molecule has 3 atom stereocenters. The largest absolute Gasteiger partial charge is 0.395 e. The van der Waals surface area contributed by atoms with Crippen LogP contribution >= 0.6 is 11.8 Å². The number of nitrogens with two attached hydrogens (primary N) is 1. The Morgan fingerprint density at radius 3 is 2.78 bits per heavy atom. The second kappa shape index (κ2) is 4.48. The van der Waals surface area contributed by atoms with Crippen LogP contribution in [0.2, 0.25) is 0 Å². The van der Waals surface area contributed by atoms with Crippen LogP contribution in [-0.2, 0) is 0 Å². The number of alkyl halides is 2. The molecule has 0 spiro atoms. The molecule has 1 saturated heterocycles. The number of aliphatic hydroxyl groups excluding tert-OH is 2. The van der Waals surface area contributed by atoms with Crippen LogP contribution in [0.3, 0.4) is 0 Å². The highest BCUT2D eigenvalue weighted by atomic mass is 32.2. The van der Waals surface area contributed by atoms with Crippen LogP contribution < -0.4 is 11.4 Å². The van der Waals surface area contributed by atoms with Gasteiger partial charge in [0.25, 0.3) is 5.92 Å². The van der Waals surface area contributed by atoms with Crippen LogP contribution in [0.4, 0.5) is 14.6 Å². The Hall–Kier alpha value is -1.19. The lowest BCUT2D eigenvalue weighted by atomic mass is 10.1. The molecule has 1 aliphatic heterocycles. The first-order valence-electron chi connectivity index (χ1n) is 5.04. The van der Waals surface area contributed by atoms with Gasteiger partial charge in [-0.15, -0.1) is 11.8 Å². The van der Waals surface area contributed by atoms with Crippen LogP contribution in [0.25, 0.3) is 0 Å². The minimum Gasteiger partial charge on any atom is -0.395 e. The number of nitrogens with zero attached hydrogens (tertiary/aromatic N) is 2. The van der Waals surface area contributed by atoms with E-state index >= 15 is 0 Å². The SMILES string of the molecule is Nc1ccn([C@H]2S[C@@H](CO)C(F)(F)[C@@H]2O)c(=O)n1. The molecular formula is C9H11F2N3O3S. The van der Waals surface area contributed by atoms with Gasteiger partial charge in [0.15, 0.2) is 0 Å². The van der Waals surface area contributed by atoms with E-state index in [4.69, 9.17) is 10.8 Å². The van der Waals surface area contributed by atoms with Crippen LogP contribution in [0, 0.1) is 0 Å². The van der Waals surface area contributed by atoms with E-state index in [1.54, 1.807) is 0 Å². The average Bonchev–Trinajstić information content (AvgIpc) is 2.52. The first-order chi connectivity index (χ1) is 8.37. The summed E-state index contributed by atoms with van der Waals surface area (Å²) < 4.78 is 28.0. The van der Waals surface area contributed by atoms with Crippen LogP contribution in [0.5, 0.6) is 0 Å². The summed E-state index contributed by atoms with van der Waals surface area (Å²) in [6, 6.07) is 1.28. The fourth-order valence-corrected chi connectivity index (χ4v) is 3.08. The Morgan fingerprint density at radius 2 is 2.28 bits per heavy atom. The fourth-order valence-electron chi connectivity index (χ4n) is 1.72. The smallest absolute Gasteiger partial charge is 0.350 e. The zero-order chi connectivity index (χ0) is 13.5. The van der Waals surface area contributed by atoms with E-state index < -0.39 is 34.9 Å². The van der Waals surface area contributed by atoms with Gasteiger partial charge in [-0.25, -0.2) is 13.6 Å². The summed E-state index contributed by atoms with van der Waals surface area (Å²) in [4.78, 5) is 14.9. The lowest BCUT2D eigenvalue weighted by Gasteiger charge is -2.20. The van der Waals surface area contributed by atoms with E-state index in [1.165, 1.54) is 12.3 Å². The summed E-state index contributed by atoms with van der Waals surface area (Å²) in [5, 5.41) is 15.8. The Labute approximate surface area is 104 Å². The first kappa shape index (κ1) is 13.2. The highest BCUT2D eigenvalue weighted by Gasteiger charge is 2.58. The van der Waals surface area contributed by atoms with Gasteiger partial charge in [0.05, 0.1) is 11.9 Å². The van der Waals surface area contributed by atoms with Gasteiger partial charge >= 0.3 is 5.69 Å². The van der Waals surface area contributed by atoms with Gasteiger partial charge in [0.1, 0.15) is 17.3 Å². The van der Waals surface area contributed by atoms with Crippen molar-refractivity contribution in [2.24, 2.45) is 0 Å². The molecule has 0 aliphatic carbocycles. The summed E-state index contributed by atoms with van der Waals surface area (Å²) >= 11 is 0.631. The van der Waals surface area contributed by atoms with Crippen LogP contribution in [-0.4, -0.2) is 43.6 Å². The molecule has 1 aromatic heterocycles. The minimum absolute atomic E-state index is 0.0285. The van der Waals surface area contributed by atoms with E-state index in [-0.39, 0.29) is 5.82 Å². The number of hydrogen-bond donors (Lipinski definition) is 3. The molecule has 0 saturated carbocycles. The second-order valence-corrected chi connectivity index (χ2v) is 5.18. The first-order valence-corrected chi connectivity index (χ1v) is 5.99. The lowest BCUT2D eigenvalue weighted by Crippen LogP contribution is -2.41. The number of halogens is 2.